The van der Waals surface area contributed by atoms with Crippen molar-refractivity contribution in [3.63, 3.8) is 0 Å². The van der Waals surface area contributed by atoms with Crippen molar-refractivity contribution in [2.75, 3.05) is 46.1 Å². The standard InChI is InChI=1S/C44H71N7O10/c1-11-35-44(8)38(51(42(56)61-44)18-13-12-17-50-25-33(47-48-50)31-15-14-16-32(45)22-31)30(6)46-24-26(2)23-43(7,57-10)39(28(4)36(53)29(5)40(55)59-35)60-41-37(54)34(21-27(3)58-41)49(9)19-20-52/h14-16,22,25-30,34-35,37-39,41,46,52,54H,11-13,17-21,23-24,45H2,1-10H3/t26-,27?,28+,29-,30-,34?,35-,37?,38-,39-,41+,43-,44-/m1/s1. The third-order valence-corrected chi connectivity index (χ3v) is 13.2. The highest BCUT2D eigenvalue weighted by Gasteiger charge is 2.58. The number of ether oxygens (including phenoxy) is 5. The highest BCUT2D eigenvalue weighted by atomic mass is 16.7. The highest BCUT2D eigenvalue weighted by molar-refractivity contribution is 6.00. The molecular formula is C44H71N7O10. The Morgan fingerprint density at radius 2 is 1.82 bits per heavy atom. The zero-order chi connectivity index (χ0) is 44.8. The van der Waals surface area contributed by atoms with Crippen LogP contribution in [0.4, 0.5) is 10.5 Å². The van der Waals surface area contributed by atoms with E-state index in [1.807, 2.05) is 77.0 Å². The Morgan fingerprint density at radius 3 is 2.49 bits per heavy atom. The van der Waals surface area contributed by atoms with Crippen molar-refractivity contribution in [2.45, 2.75) is 154 Å². The third-order valence-electron chi connectivity index (χ3n) is 13.2. The van der Waals surface area contributed by atoms with Gasteiger partial charge < -0.3 is 44.9 Å². The van der Waals surface area contributed by atoms with Gasteiger partial charge in [-0.3, -0.25) is 24.1 Å². The Kier molecular flexibility index (Phi) is 16.4. The quantitative estimate of drug-likeness (QED) is 0.0980. The summed E-state index contributed by atoms with van der Waals surface area (Å²) in [7, 11) is 3.40. The van der Waals surface area contributed by atoms with Gasteiger partial charge in [0.2, 0.25) is 0 Å². The second kappa shape index (κ2) is 20.6. The van der Waals surface area contributed by atoms with Gasteiger partial charge in [-0.1, -0.05) is 38.1 Å². The van der Waals surface area contributed by atoms with E-state index in [1.54, 1.807) is 23.6 Å². The van der Waals surface area contributed by atoms with E-state index >= 15 is 0 Å². The van der Waals surface area contributed by atoms with Crippen LogP contribution in [0, 0.1) is 17.8 Å². The molecule has 5 N–H and O–H groups in total. The topological polar surface area (TPSA) is 213 Å². The summed E-state index contributed by atoms with van der Waals surface area (Å²) < 4.78 is 33.3. The minimum atomic E-state index is -1.25. The summed E-state index contributed by atoms with van der Waals surface area (Å²) in [5, 5.41) is 33.5. The van der Waals surface area contributed by atoms with Crippen molar-refractivity contribution in [1.82, 2.24) is 30.1 Å². The number of esters is 1. The van der Waals surface area contributed by atoms with Crippen molar-refractivity contribution in [1.29, 1.82) is 0 Å². The van der Waals surface area contributed by atoms with Gasteiger partial charge in [0.25, 0.3) is 0 Å². The van der Waals surface area contributed by atoms with Crippen molar-refractivity contribution in [2.24, 2.45) is 17.8 Å². The number of aromatic nitrogens is 3. The first-order valence-electron chi connectivity index (χ1n) is 22.0. The number of aryl methyl sites for hydroxylation is 1. The molecule has 0 radical (unpaired) electrons. The number of cyclic esters (lactones) is 1. The number of hydrogen-bond acceptors (Lipinski definition) is 15. The third kappa shape index (κ3) is 10.9. The number of likely N-dealkylation sites (N-methyl/N-ethyl adjacent to an activating group) is 1. The Morgan fingerprint density at radius 1 is 1.10 bits per heavy atom. The number of ketones is 1. The summed E-state index contributed by atoms with van der Waals surface area (Å²) in [5.74, 6) is -3.31. The van der Waals surface area contributed by atoms with Crippen LogP contribution in [0.5, 0.6) is 0 Å². The summed E-state index contributed by atoms with van der Waals surface area (Å²) >= 11 is 0. The molecule has 17 heteroatoms. The molecule has 61 heavy (non-hydrogen) atoms. The number of unbranched alkanes of at least 4 members (excludes halogenated alkanes) is 1. The van der Waals surface area contributed by atoms with Crippen LogP contribution < -0.4 is 11.1 Å². The first-order valence-corrected chi connectivity index (χ1v) is 22.0. The fourth-order valence-corrected chi connectivity index (χ4v) is 9.70. The predicted octanol–water partition coefficient (Wildman–Crippen LogP) is 3.65. The van der Waals surface area contributed by atoms with Gasteiger partial charge >= 0.3 is 12.1 Å². The number of nitrogens with two attached hydrogens (primary N) is 1. The van der Waals surface area contributed by atoms with Crippen LogP contribution >= 0.6 is 0 Å². The monoisotopic (exact) mass is 858 g/mol. The molecule has 1 amide bonds. The molecule has 0 aliphatic carbocycles. The Bertz CT molecular complexity index is 1780. The number of fused-ring (bicyclic) bond motifs is 1. The summed E-state index contributed by atoms with van der Waals surface area (Å²) in [4.78, 5) is 45.9. The van der Waals surface area contributed by atoms with E-state index in [0.717, 1.165) is 11.3 Å². The molecule has 17 nitrogen and oxygen atoms in total. The zero-order valence-electron chi connectivity index (χ0n) is 37.8. The molecule has 342 valence electrons. The van der Waals surface area contributed by atoms with Crippen molar-refractivity contribution < 1.29 is 48.3 Å². The molecule has 4 heterocycles. The van der Waals surface area contributed by atoms with Crippen LogP contribution in [-0.2, 0) is 39.8 Å². The second-order valence-corrected chi connectivity index (χ2v) is 18.0. The molecule has 3 aliphatic rings. The van der Waals surface area contributed by atoms with Crippen LogP contribution in [0.25, 0.3) is 11.3 Å². The molecule has 2 aromatic rings. The number of hydrogen-bond donors (Lipinski definition) is 4. The maximum absolute atomic E-state index is 14.4. The number of nitrogens with one attached hydrogen (secondary N) is 1. The zero-order valence-corrected chi connectivity index (χ0v) is 37.8. The van der Waals surface area contributed by atoms with Crippen LogP contribution in [-0.4, -0.2) is 153 Å². The summed E-state index contributed by atoms with van der Waals surface area (Å²) in [6.07, 6.45) is -0.316. The van der Waals surface area contributed by atoms with Crippen LogP contribution in [0.15, 0.2) is 30.5 Å². The predicted molar refractivity (Wildman–Crippen MR) is 228 cm³/mol. The molecule has 13 atom stereocenters. The van der Waals surface area contributed by atoms with E-state index in [2.05, 4.69) is 22.6 Å². The summed E-state index contributed by atoms with van der Waals surface area (Å²) in [6.45, 7) is 16.5. The van der Waals surface area contributed by atoms with Crippen LogP contribution in [0.1, 0.15) is 87.5 Å². The molecule has 3 aliphatic heterocycles. The number of anilines is 1. The SMILES string of the molecule is CC[C@H]1OC(=O)[C@H](C)C(=O)[C@H](C)[C@@H](O[C@@H]2OC(C)CC(N(C)CCO)C2O)[C@](C)(OC)C[C@@H](C)CN[C@H](C)[C@H]2N(CCCCn3cc(-c4cccc(N)c4)nn3)C(=O)O[C@]12C. The fraction of sp³-hybridized carbons (Fsp3) is 0.750. The van der Waals surface area contributed by atoms with E-state index in [0.29, 0.717) is 64.0 Å². The van der Waals surface area contributed by atoms with Crippen molar-refractivity contribution >= 4 is 23.5 Å². The van der Waals surface area contributed by atoms with Gasteiger partial charge in [0.1, 0.15) is 23.8 Å². The van der Waals surface area contributed by atoms with E-state index in [1.165, 1.54) is 6.92 Å². The summed E-state index contributed by atoms with van der Waals surface area (Å²) in [6, 6.07) is 6.26. The number of nitrogen functional groups attached to an aromatic ring is 1. The molecule has 0 saturated carbocycles. The van der Waals surface area contributed by atoms with Crippen molar-refractivity contribution in [3.05, 3.63) is 30.5 Å². The number of aliphatic hydroxyl groups is 2. The maximum Gasteiger partial charge on any atom is 0.410 e. The van der Waals surface area contributed by atoms with Gasteiger partial charge in [-0.05, 0) is 98.4 Å². The van der Waals surface area contributed by atoms with Crippen LogP contribution in [0.2, 0.25) is 0 Å². The van der Waals surface area contributed by atoms with Gasteiger partial charge in [-0.25, -0.2) is 4.79 Å². The molecule has 1 aromatic carbocycles. The lowest BCUT2D eigenvalue weighted by molar-refractivity contribution is -0.296. The smallest absolute Gasteiger partial charge is 0.410 e. The molecule has 0 spiro atoms. The van der Waals surface area contributed by atoms with Gasteiger partial charge in [0.05, 0.1) is 36.7 Å². The first-order chi connectivity index (χ1) is 28.9. The number of aliphatic hydroxyl groups excluding tert-OH is 2. The van der Waals surface area contributed by atoms with E-state index in [4.69, 9.17) is 29.4 Å². The van der Waals surface area contributed by atoms with Gasteiger partial charge in [-0.2, -0.15) is 0 Å². The number of benzene rings is 1. The molecule has 3 unspecified atom stereocenters. The maximum atomic E-state index is 14.4. The minimum Gasteiger partial charge on any atom is -0.458 e. The number of carbonyl (C=O) groups is 3. The number of nitrogens with zero attached hydrogens (tertiary/aromatic N) is 5. The lowest BCUT2D eigenvalue weighted by atomic mass is 9.78. The average Bonchev–Trinajstić information content (AvgIpc) is 3.80. The lowest BCUT2D eigenvalue weighted by Crippen LogP contribution is -2.61. The second-order valence-electron chi connectivity index (χ2n) is 18.0. The average molecular weight is 858 g/mol. The van der Waals surface area contributed by atoms with E-state index in [-0.39, 0.29) is 30.7 Å². The van der Waals surface area contributed by atoms with Crippen LogP contribution in [0.3, 0.4) is 0 Å². The number of amides is 1. The van der Waals surface area contributed by atoms with Gasteiger partial charge in [0.15, 0.2) is 17.7 Å². The van der Waals surface area contributed by atoms with Gasteiger partial charge in [0, 0.05) is 56.0 Å². The largest absolute Gasteiger partial charge is 0.458 e. The molecule has 1 aromatic heterocycles. The van der Waals surface area contributed by atoms with E-state index in [9.17, 15) is 24.6 Å². The lowest BCUT2D eigenvalue weighted by Gasteiger charge is -2.47. The highest BCUT2D eigenvalue weighted by Crippen LogP contribution is 2.40. The molecule has 3 saturated heterocycles. The molecule has 5 rings (SSSR count). The van der Waals surface area contributed by atoms with Gasteiger partial charge in [-0.15, -0.1) is 5.10 Å². The molecule has 3 fully saturated rings. The number of Topliss-reactive ketones (excluding diaryl/α,β-unsaturated/α-hetero) is 1. The van der Waals surface area contributed by atoms with E-state index < -0.39 is 71.5 Å². The summed E-state index contributed by atoms with van der Waals surface area (Å²) in [5.41, 5.74) is 5.88. The number of rotatable bonds is 13. The molecular weight excluding hydrogens is 787 g/mol. The Labute approximate surface area is 360 Å². The first kappa shape index (κ1) is 48.3. The normalized spacial score (nSPS) is 35.7. The van der Waals surface area contributed by atoms with Crippen molar-refractivity contribution in [3.8, 4) is 11.3 Å². The minimum absolute atomic E-state index is 0.0413. The molecule has 0 bridgehead atoms. The Hall–Kier alpha value is -3.71. The Balaban J connectivity index is 1.38. The number of carbonyl (C=O) groups excluding carboxylic acids is 3. The fourth-order valence-electron chi connectivity index (χ4n) is 9.70. The number of methoxy groups -OCH3 is 1.